The van der Waals surface area contributed by atoms with Crippen molar-refractivity contribution in [1.82, 2.24) is 4.72 Å². The molecule has 0 saturated heterocycles. The number of ether oxygens (including phenoxy) is 1. The first-order chi connectivity index (χ1) is 9.31. The van der Waals surface area contributed by atoms with E-state index in [4.69, 9.17) is 33.0 Å². The van der Waals surface area contributed by atoms with Crippen LogP contribution >= 0.6 is 23.2 Å². The Morgan fingerprint density at radius 3 is 2.55 bits per heavy atom. The van der Waals surface area contributed by atoms with Crippen molar-refractivity contribution in [2.45, 2.75) is 31.4 Å². The first-order valence-electron chi connectivity index (χ1n) is 6.00. The molecule has 0 aliphatic carbocycles. The van der Waals surface area contributed by atoms with Gasteiger partial charge in [0.2, 0.25) is 10.0 Å². The summed E-state index contributed by atoms with van der Waals surface area (Å²) in [5.74, 6) is 0. The lowest BCUT2D eigenvalue weighted by Crippen LogP contribution is -2.36. The van der Waals surface area contributed by atoms with E-state index >= 15 is 0 Å². The molecule has 1 aromatic carbocycles. The van der Waals surface area contributed by atoms with Crippen LogP contribution in [-0.4, -0.2) is 32.8 Å². The maximum absolute atomic E-state index is 12.2. The van der Waals surface area contributed by atoms with Crippen LogP contribution < -0.4 is 4.72 Å². The Morgan fingerprint density at radius 2 is 2.00 bits per heavy atom. The van der Waals surface area contributed by atoms with E-state index in [-0.39, 0.29) is 28.2 Å². The molecule has 0 spiro atoms. The summed E-state index contributed by atoms with van der Waals surface area (Å²) in [5.41, 5.74) is 0.300. The van der Waals surface area contributed by atoms with E-state index in [1.807, 2.05) is 6.92 Å². The molecule has 5 nitrogen and oxygen atoms in total. The lowest BCUT2D eigenvalue weighted by atomic mass is 10.2. The van der Waals surface area contributed by atoms with Crippen LogP contribution in [0.5, 0.6) is 0 Å². The van der Waals surface area contributed by atoms with E-state index in [1.54, 1.807) is 6.92 Å². The first kappa shape index (κ1) is 17.7. The second kappa shape index (κ2) is 7.59. The molecule has 0 fully saturated rings. The number of halogens is 2. The van der Waals surface area contributed by atoms with E-state index in [0.717, 1.165) is 0 Å². The average Bonchev–Trinajstić information content (AvgIpc) is 2.35. The molecular weight excluding hydrogens is 325 g/mol. The highest BCUT2D eigenvalue weighted by Gasteiger charge is 2.22. The predicted octanol–water partition coefficient (Wildman–Crippen LogP) is 2.19. The minimum absolute atomic E-state index is 0.00306. The molecule has 8 heteroatoms. The smallest absolute Gasteiger partial charge is 0.242 e. The topological polar surface area (TPSA) is 75.6 Å². The molecule has 0 aliphatic heterocycles. The summed E-state index contributed by atoms with van der Waals surface area (Å²) in [4.78, 5) is -0.115. The van der Waals surface area contributed by atoms with Gasteiger partial charge < -0.3 is 9.84 Å². The van der Waals surface area contributed by atoms with E-state index in [1.165, 1.54) is 12.1 Å². The summed E-state index contributed by atoms with van der Waals surface area (Å²) in [6.07, 6.45) is 0. The monoisotopic (exact) mass is 341 g/mol. The van der Waals surface area contributed by atoms with Gasteiger partial charge in [-0.25, -0.2) is 13.1 Å². The van der Waals surface area contributed by atoms with Crippen molar-refractivity contribution in [3.63, 3.8) is 0 Å². The summed E-state index contributed by atoms with van der Waals surface area (Å²) >= 11 is 11.8. The van der Waals surface area contributed by atoms with Crippen LogP contribution in [0.25, 0.3) is 0 Å². The average molecular weight is 342 g/mol. The summed E-state index contributed by atoms with van der Waals surface area (Å²) in [6, 6.07) is 2.17. The Hall–Kier alpha value is -0.370. The molecule has 0 saturated carbocycles. The molecule has 1 aromatic rings. The zero-order valence-electron chi connectivity index (χ0n) is 11.2. The number of sulfonamides is 1. The van der Waals surface area contributed by atoms with Crippen molar-refractivity contribution in [2.75, 3.05) is 13.2 Å². The zero-order valence-corrected chi connectivity index (χ0v) is 13.5. The lowest BCUT2D eigenvalue weighted by Gasteiger charge is -2.15. The van der Waals surface area contributed by atoms with Gasteiger partial charge in [0.25, 0.3) is 0 Å². The molecule has 1 rings (SSSR count). The van der Waals surface area contributed by atoms with E-state index < -0.39 is 16.1 Å². The van der Waals surface area contributed by atoms with Gasteiger partial charge in [-0.3, -0.25) is 0 Å². The third-order valence-corrected chi connectivity index (χ3v) is 4.90. The van der Waals surface area contributed by atoms with E-state index in [0.29, 0.717) is 12.2 Å². The molecule has 0 radical (unpaired) electrons. The minimum Gasteiger partial charge on any atom is -0.392 e. The van der Waals surface area contributed by atoms with Crippen molar-refractivity contribution in [3.8, 4) is 0 Å². The van der Waals surface area contributed by atoms with Crippen LogP contribution in [0.15, 0.2) is 17.0 Å². The number of hydrogen-bond acceptors (Lipinski definition) is 4. The SMILES string of the molecule is CCOCC(C)NS(=O)(=O)c1cc(CO)c(Cl)cc1Cl. The van der Waals surface area contributed by atoms with E-state index in [2.05, 4.69) is 4.72 Å². The standard InChI is InChI=1S/C12H17Cl2NO4S/c1-3-19-7-8(2)15-20(17,18)12-4-9(6-16)10(13)5-11(12)14/h4-5,8,15-16H,3,6-7H2,1-2H3. The number of aliphatic hydroxyl groups excluding tert-OH is 1. The summed E-state index contributed by atoms with van der Waals surface area (Å²) < 4.78 is 32.1. The molecular formula is C12H17Cl2NO4S. The van der Waals surface area contributed by atoms with Crippen molar-refractivity contribution in [3.05, 3.63) is 27.7 Å². The van der Waals surface area contributed by atoms with Crippen molar-refractivity contribution in [2.24, 2.45) is 0 Å². The Labute approximate surface area is 128 Å². The maximum Gasteiger partial charge on any atom is 0.242 e. The number of nitrogens with one attached hydrogen (secondary N) is 1. The number of hydrogen-bond donors (Lipinski definition) is 2. The fraction of sp³-hybridized carbons (Fsp3) is 0.500. The largest absolute Gasteiger partial charge is 0.392 e. The lowest BCUT2D eigenvalue weighted by molar-refractivity contribution is 0.133. The molecule has 0 heterocycles. The third-order valence-electron chi connectivity index (χ3n) is 2.49. The second-order valence-electron chi connectivity index (χ2n) is 4.21. The van der Waals surface area contributed by atoms with Gasteiger partial charge >= 0.3 is 0 Å². The molecule has 0 aromatic heterocycles. The van der Waals surface area contributed by atoms with Crippen LogP contribution in [0, 0.1) is 0 Å². The van der Waals surface area contributed by atoms with Gasteiger partial charge in [0.1, 0.15) is 4.90 Å². The quantitative estimate of drug-likeness (QED) is 0.796. The molecule has 2 N–H and O–H groups in total. The Kier molecular flexibility index (Phi) is 6.71. The first-order valence-corrected chi connectivity index (χ1v) is 8.24. The molecule has 0 bridgehead atoms. The Balaban J connectivity index is 3.03. The molecule has 114 valence electrons. The molecule has 1 unspecified atom stereocenters. The minimum atomic E-state index is -3.80. The van der Waals surface area contributed by atoms with Gasteiger partial charge in [0.15, 0.2) is 0 Å². The van der Waals surface area contributed by atoms with Crippen molar-refractivity contribution < 1.29 is 18.3 Å². The van der Waals surface area contributed by atoms with Gasteiger partial charge in [-0.2, -0.15) is 0 Å². The Morgan fingerprint density at radius 1 is 1.35 bits per heavy atom. The van der Waals surface area contributed by atoms with Crippen LogP contribution in [0.2, 0.25) is 10.0 Å². The summed E-state index contributed by atoms with van der Waals surface area (Å²) in [6.45, 7) is 3.90. The summed E-state index contributed by atoms with van der Waals surface area (Å²) in [5, 5.41) is 9.36. The predicted molar refractivity (Wildman–Crippen MR) is 78.7 cm³/mol. The normalized spacial score (nSPS) is 13.4. The van der Waals surface area contributed by atoms with Gasteiger partial charge in [0.05, 0.1) is 18.2 Å². The molecule has 0 aliphatic rings. The second-order valence-corrected chi connectivity index (χ2v) is 6.71. The number of benzene rings is 1. The third kappa shape index (κ3) is 4.58. The fourth-order valence-corrected chi connectivity index (χ4v) is 3.64. The summed E-state index contributed by atoms with van der Waals surface area (Å²) in [7, 11) is -3.80. The highest BCUT2D eigenvalue weighted by molar-refractivity contribution is 7.89. The highest BCUT2D eigenvalue weighted by atomic mass is 35.5. The van der Waals surface area contributed by atoms with Crippen LogP contribution in [0.3, 0.4) is 0 Å². The Bertz CT molecular complexity index is 563. The van der Waals surface area contributed by atoms with Crippen molar-refractivity contribution in [1.29, 1.82) is 0 Å². The van der Waals surface area contributed by atoms with Crippen LogP contribution in [0.1, 0.15) is 19.4 Å². The van der Waals surface area contributed by atoms with Gasteiger partial charge in [0, 0.05) is 17.7 Å². The van der Waals surface area contributed by atoms with Crippen LogP contribution in [-0.2, 0) is 21.4 Å². The van der Waals surface area contributed by atoms with Gasteiger partial charge in [-0.05, 0) is 31.5 Å². The van der Waals surface area contributed by atoms with Crippen LogP contribution in [0.4, 0.5) is 0 Å². The number of rotatable bonds is 7. The molecule has 0 amide bonds. The highest BCUT2D eigenvalue weighted by Crippen LogP contribution is 2.28. The van der Waals surface area contributed by atoms with E-state index in [9.17, 15) is 8.42 Å². The zero-order chi connectivity index (χ0) is 15.3. The number of aliphatic hydroxyl groups is 1. The molecule has 20 heavy (non-hydrogen) atoms. The fourth-order valence-electron chi connectivity index (χ4n) is 1.56. The maximum atomic E-state index is 12.2. The molecule has 1 atom stereocenters. The van der Waals surface area contributed by atoms with Gasteiger partial charge in [-0.15, -0.1) is 0 Å². The van der Waals surface area contributed by atoms with Gasteiger partial charge in [-0.1, -0.05) is 23.2 Å². The van der Waals surface area contributed by atoms with Crippen molar-refractivity contribution >= 4 is 33.2 Å².